The third-order valence-corrected chi connectivity index (χ3v) is 3.50. The first-order valence-corrected chi connectivity index (χ1v) is 6.35. The molecule has 2 aromatic rings. The van der Waals surface area contributed by atoms with E-state index in [4.69, 9.17) is 5.73 Å². The summed E-state index contributed by atoms with van der Waals surface area (Å²) in [6, 6.07) is 9.66. The van der Waals surface area contributed by atoms with E-state index in [1.165, 1.54) is 0 Å². The molecule has 1 unspecified atom stereocenters. The van der Waals surface area contributed by atoms with E-state index < -0.39 is 11.8 Å². The Morgan fingerprint density at radius 2 is 2.10 bits per heavy atom. The molecule has 3 N–H and O–H groups in total. The Kier molecular flexibility index (Phi) is 2.98. The first kappa shape index (κ1) is 12.4. The second-order valence-corrected chi connectivity index (χ2v) is 4.81. The molecule has 0 aliphatic carbocycles. The summed E-state index contributed by atoms with van der Waals surface area (Å²) in [6.45, 7) is 0.302. The monoisotopic (exact) mass is 270 g/mol. The smallest absolute Gasteiger partial charge is 0.229 e. The summed E-state index contributed by atoms with van der Waals surface area (Å²) in [5.41, 5.74) is 7.08. The molecule has 20 heavy (non-hydrogen) atoms. The normalized spacial score (nSPS) is 18.5. The van der Waals surface area contributed by atoms with Gasteiger partial charge < -0.3 is 5.73 Å². The lowest BCUT2D eigenvalue weighted by molar-refractivity contribution is -0.123. The first-order valence-electron chi connectivity index (χ1n) is 6.35. The van der Waals surface area contributed by atoms with Crippen LogP contribution in [0.15, 0.2) is 36.5 Å². The highest BCUT2D eigenvalue weighted by atomic mass is 16.2. The number of amides is 2. The fourth-order valence-corrected chi connectivity index (χ4v) is 2.43. The van der Waals surface area contributed by atoms with Gasteiger partial charge in [0.1, 0.15) is 5.82 Å². The minimum atomic E-state index is -0.443. The Labute approximate surface area is 115 Å². The van der Waals surface area contributed by atoms with E-state index in [-0.39, 0.29) is 12.3 Å². The van der Waals surface area contributed by atoms with Crippen LogP contribution in [0.25, 0.3) is 11.1 Å². The quantitative estimate of drug-likeness (QED) is 0.868. The summed E-state index contributed by atoms with van der Waals surface area (Å²) in [5, 5.41) is 6.85. The van der Waals surface area contributed by atoms with E-state index in [0.717, 1.165) is 11.1 Å². The van der Waals surface area contributed by atoms with Crippen LogP contribution in [0.4, 0.5) is 5.82 Å². The maximum Gasteiger partial charge on any atom is 0.229 e. The van der Waals surface area contributed by atoms with Crippen molar-refractivity contribution in [1.82, 2.24) is 10.2 Å². The van der Waals surface area contributed by atoms with Crippen molar-refractivity contribution in [3.05, 3.63) is 36.5 Å². The number of hydrogen-bond donors (Lipinski definition) is 2. The van der Waals surface area contributed by atoms with Crippen molar-refractivity contribution < 1.29 is 9.59 Å². The third kappa shape index (κ3) is 2.05. The van der Waals surface area contributed by atoms with Gasteiger partial charge in [-0.25, -0.2) is 0 Å². The van der Waals surface area contributed by atoms with Crippen molar-refractivity contribution >= 4 is 17.6 Å². The van der Waals surface area contributed by atoms with E-state index in [9.17, 15) is 9.59 Å². The van der Waals surface area contributed by atoms with E-state index in [2.05, 4.69) is 10.2 Å². The highest BCUT2D eigenvalue weighted by Crippen LogP contribution is 2.32. The molecule has 0 spiro atoms. The molecular weight excluding hydrogens is 256 g/mol. The SMILES string of the molecule is NC(=O)C1CC(=O)N(c2[nH]ncc2-c2ccccc2)C1. The molecule has 1 atom stereocenters. The molecule has 0 saturated carbocycles. The van der Waals surface area contributed by atoms with E-state index in [0.29, 0.717) is 12.4 Å². The second kappa shape index (κ2) is 4.80. The Bertz CT molecular complexity index is 650. The highest BCUT2D eigenvalue weighted by Gasteiger charge is 2.35. The summed E-state index contributed by atoms with van der Waals surface area (Å²) >= 11 is 0. The van der Waals surface area contributed by atoms with E-state index in [1.807, 2.05) is 30.3 Å². The van der Waals surface area contributed by atoms with Crippen molar-refractivity contribution in [1.29, 1.82) is 0 Å². The predicted molar refractivity (Wildman–Crippen MR) is 73.7 cm³/mol. The third-order valence-electron chi connectivity index (χ3n) is 3.50. The number of nitrogens with two attached hydrogens (primary N) is 1. The molecule has 6 nitrogen and oxygen atoms in total. The Morgan fingerprint density at radius 1 is 1.35 bits per heavy atom. The molecule has 0 bridgehead atoms. The lowest BCUT2D eigenvalue weighted by atomic mass is 10.1. The van der Waals surface area contributed by atoms with Crippen molar-refractivity contribution in [2.24, 2.45) is 11.7 Å². The molecule has 3 rings (SSSR count). The van der Waals surface area contributed by atoms with Crippen LogP contribution in [0.2, 0.25) is 0 Å². The number of hydrogen-bond acceptors (Lipinski definition) is 3. The zero-order valence-corrected chi connectivity index (χ0v) is 10.7. The molecule has 102 valence electrons. The second-order valence-electron chi connectivity index (χ2n) is 4.81. The summed E-state index contributed by atoms with van der Waals surface area (Å²) in [7, 11) is 0. The summed E-state index contributed by atoms with van der Waals surface area (Å²) in [5.74, 6) is -0.378. The van der Waals surface area contributed by atoms with Crippen LogP contribution >= 0.6 is 0 Å². The summed E-state index contributed by atoms with van der Waals surface area (Å²) in [6.07, 6.45) is 1.83. The van der Waals surface area contributed by atoms with Crippen molar-refractivity contribution in [3.63, 3.8) is 0 Å². The van der Waals surface area contributed by atoms with Gasteiger partial charge in [0.2, 0.25) is 11.8 Å². The molecule has 1 aromatic carbocycles. The lowest BCUT2D eigenvalue weighted by Gasteiger charge is -2.15. The molecule has 2 heterocycles. The number of aromatic amines is 1. The number of nitrogens with zero attached hydrogens (tertiary/aromatic N) is 2. The number of rotatable bonds is 3. The topological polar surface area (TPSA) is 92.1 Å². The Morgan fingerprint density at radius 3 is 2.75 bits per heavy atom. The fourth-order valence-electron chi connectivity index (χ4n) is 2.43. The molecule has 1 saturated heterocycles. The van der Waals surface area contributed by atoms with Crippen LogP contribution in [0.3, 0.4) is 0 Å². The molecule has 0 radical (unpaired) electrons. The van der Waals surface area contributed by atoms with Crippen LogP contribution in [0.5, 0.6) is 0 Å². The van der Waals surface area contributed by atoms with Gasteiger partial charge in [-0.05, 0) is 5.56 Å². The lowest BCUT2D eigenvalue weighted by Crippen LogP contribution is -2.28. The number of aromatic nitrogens is 2. The van der Waals surface area contributed by atoms with E-state index >= 15 is 0 Å². The number of primary amides is 1. The van der Waals surface area contributed by atoms with Gasteiger partial charge in [-0.3, -0.25) is 19.6 Å². The summed E-state index contributed by atoms with van der Waals surface area (Å²) in [4.78, 5) is 24.8. The molecular formula is C14H14N4O2. The van der Waals surface area contributed by atoms with Crippen molar-refractivity contribution in [3.8, 4) is 11.1 Å². The van der Waals surface area contributed by atoms with Crippen LogP contribution in [-0.4, -0.2) is 28.6 Å². The first-order chi connectivity index (χ1) is 9.66. The van der Waals surface area contributed by atoms with Crippen molar-refractivity contribution in [2.75, 3.05) is 11.4 Å². The van der Waals surface area contributed by atoms with Crippen LogP contribution in [-0.2, 0) is 9.59 Å². The predicted octanol–water partition coefficient (Wildman–Crippen LogP) is 0.915. The molecule has 1 aromatic heterocycles. The minimum Gasteiger partial charge on any atom is -0.369 e. The van der Waals surface area contributed by atoms with Gasteiger partial charge >= 0.3 is 0 Å². The van der Waals surface area contributed by atoms with Gasteiger partial charge in [-0.1, -0.05) is 30.3 Å². The van der Waals surface area contributed by atoms with Gasteiger partial charge in [-0.15, -0.1) is 0 Å². The van der Waals surface area contributed by atoms with Crippen LogP contribution in [0.1, 0.15) is 6.42 Å². The highest BCUT2D eigenvalue weighted by molar-refractivity contribution is 6.01. The van der Waals surface area contributed by atoms with Crippen LogP contribution < -0.4 is 10.6 Å². The van der Waals surface area contributed by atoms with Crippen LogP contribution in [0, 0.1) is 5.92 Å². The van der Waals surface area contributed by atoms with Gasteiger partial charge in [0, 0.05) is 18.5 Å². The van der Waals surface area contributed by atoms with Gasteiger partial charge in [0.15, 0.2) is 0 Å². The number of carbonyl (C=O) groups is 2. The number of benzene rings is 1. The average molecular weight is 270 g/mol. The number of anilines is 1. The molecule has 2 amide bonds. The van der Waals surface area contributed by atoms with E-state index in [1.54, 1.807) is 11.1 Å². The van der Waals surface area contributed by atoms with Gasteiger partial charge in [0.05, 0.1) is 12.1 Å². The number of carbonyl (C=O) groups excluding carboxylic acids is 2. The fraction of sp³-hybridized carbons (Fsp3) is 0.214. The largest absolute Gasteiger partial charge is 0.369 e. The standard InChI is InChI=1S/C14H14N4O2/c15-13(20)10-6-12(19)18(8-10)14-11(7-16-17-14)9-4-2-1-3-5-9/h1-5,7,10H,6,8H2,(H2,15,20)(H,16,17). The molecule has 1 aliphatic heterocycles. The Balaban J connectivity index is 1.95. The average Bonchev–Trinajstić information content (AvgIpc) is 3.05. The number of nitrogens with one attached hydrogen (secondary N) is 1. The maximum absolute atomic E-state index is 12.0. The number of H-pyrrole nitrogens is 1. The molecule has 1 fully saturated rings. The zero-order chi connectivity index (χ0) is 14.1. The molecule has 1 aliphatic rings. The molecule has 6 heteroatoms. The summed E-state index contributed by atoms with van der Waals surface area (Å²) < 4.78 is 0. The maximum atomic E-state index is 12.0. The van der Waals surface area contributed by atoms with Gasteiger partial charge in [-0.2, -0.15) is 5.10 Å². The minimum absolute atomic E-state index is 0.116. The van der Waals surface area contributed by atoms with Crippen molar-refractivity contribution in [2.45, 2.75) is 6.42 Å². The Hall–Kier alpha value is -2.63. The van der Waals surface area contributed by atoms with Gasteiger partial charge in [0.25, 0.3) is 0 Å². The zero-order valence-electron chi connectivity index (χ0n) is 10.7.